The van der Waals surface area contributed by atoms with Crippen molar-refractivity contribution >= 4 is 29.1 Å². The molecule has 0 aliphatic heterocycles. The maximum atomic E-state index is 12.3. The van der Waals surface area contributed by atoms with Crippen molar-refractivity contribution < 1.29 is 9.59 Å². The number of amides is 1. The highest BCUT2D eigenvalue weighted by Crippen LogP contribution is 2.27. The highest BCUT2D eigenvalue weighted by atomic mass is 32.2. The van der Waals surface area contributed by atoms with Gasteiger partial charge in [0.2, 0.25) is 5.91 Å². The van der Waals surface area contributed by atoms with Gasteiger partial charge in [-0.15, -0.1) is 11.8 Å². The number of nitrogens with one attached hydrogen (secondary N) is 1. The van der Waals surface area contributed by atoms with Gasteiger partial charge in [-0.05, 0) is 44.5 Å². The first-order valence-corrected chi connectivity index (χ1v) is 7.99. The van der Waals surface area contributed by atoms with Gasteiger partial charge >= 0.3 is 0 Å². The Morgan fingerprint density at radius 3 is 2.50 bits per heavy atom. The number of thioether (sulfide) groups is 1. The number of ketones is 1. The Bertz CT molecular complexity index is 697. The number of aryl methyl sites for hydroxylation is 1. The van der Waals surface area contributed by atoms with E-state index in [0.717, 1.165) is 10.5 Å². The Morgan fingerprint density at radius 1 is 1.09 bits per heavy atom. The molecular formula is C18H19NO2S. The Balaban J connectivity index is 2.04. The van der Waals surface area contributed by atoms with Crippen LogP contribution < -0.4 is 5.32 Å². The molecule has 0 fully saturated rings. The number of rotatable bonds is 5. The van der Waals surface area contributed by atoms with E-state index in [1.165, 1.54) is 18.7 Å². The van der Waals surface area contributed by atoms with Crippen LogP contribution in [0.25, 0.3) is 0 Å². The Labute approximate surface area is 135 Å². The molecule has 1 N–H and O–H groups in total. The van der Waals surface area contributed by atoms with Gasteiger partial charge in [0.15, 0.2) is 5.78 Å². The first-order chi connectivity index (χ1) is 10.5. The third kappa shape index (κ3) is 4.21. The lowest BCUT2D eigenvalue weighted by atomic mass is 10.1. The number of carbonyl (C=O) groups is 2. The highest BCUT2D eigenvalue weighted by Gasteiger charge is 2.15. The van der Waals surface area contributed by atoms with E-state index in [9.17, 15) is 9.59 Å². The van der Waals surface area contributed by atoms with Crippen molar-refractivity contribution in [3.8, 4) is 0 Å². The molecule has 22 heavy (non-hydrogen) atoms. The SMILES string of the molecule is CC(=O)c1cccc(NC(=O)C(C)Sc2ccccc2C)c1. The predicted molar refractivity (Wildman–Crippen MR) is 91.6 cm³/mol. The van der Waals surface area contributed by atoms with Crippen LogP contribution in [0.15, 0.2) is 53.4 Å². The second-order valence-electron chi connectivity index (χ2n) is 5.15. The van der Waals surface area contributed by atoms with Crippen molar-refractivity contribution in [2.24, 2.45) is 0 Å². The Kier molecular flexibility index (Phi) is 5.39. The minimum Gasteiger partial charge on any atom is -0.325 e. The number of benzene rings is 2. The van der Waals surface area contributed by atoms with Gasteiger partial charge < -0.3 is 5.32 Å². The van der Waals surface area contributed by atoms with Crippen LogP contribution in [0.5, 0.6) is 0 Å². The fourth-order valence-corrected chi connectivity index (χ4v) is 2.95. The molecule has 0 saturated carbocycles. The lowest BCUT2D eigenvalue weighted by molar-refractivity contribution is -0.115. The van der Waals surface area contributed by atoms with E-state index in [0.29, 0.717) is 11.3 Å². The van der Waals surface area contributed by atoms with Crippen LogP contribution in [0, 0.1) is 6.92 Å². The van der Waals surface area contributed by atoms with E-state index in [1.54, 1.807) is 24.3 Å². The van der Waals surface area contributed by atoms with Crippen LogP contribution in [0.3, 0.4) is 0 Å². The van der Waals surface area contributed by atoms with E-state index in [-0.39, 0.29) is 16.9 Å². The Hall–Kier alpha value is -2.07. The summed E-state index contributed by atoms with van der Waals surface area (Å²) < 4.78 is 0. The van der Waals surface area contributed by atoms with Crippen molar-refractivity contribution in [3.63, 3.8) is 0 Å². The van der Waals surface area contributed by atoms with E-state index in [4.69, 9.17) is 0 Å². The monoisotopic (exact) mass is 313 g/mol. The topological polar surface area (TPSA) is 46.2 Å². The third-order valence-electron chi connectivity index (χ3n) is 3.30. The molecule has 3 nitrogen and oxygen atoms in total. The molecule has 0 spiro atoms. The van der Waals surface area contributed by atoms with Crippen molar-refractivity contribution in [2.75, 3.05) is 5.32 Å². The number of hydrogen-bond donors (Lipinski definition) is 1. The minimum atomic E-state index is -0.220. The zero-order chi connectivity index (χ0) is 16.1. The lowest BCUT2D eigenvalue weighted by Crippen LogP contribution is -2.22. The van der Waals surface area contributed by atoms with Crippen molar-refractivity contribution in [1.29, 1.82) is 0 Å². The molecule has 0 radical (unpaired) electrons. The quantitative estimate of drug-likeness (QED) is 0.660. The Morgan fingerprint density at radius 2 is 1.82 bits per heavy atom. The molecule has 0 saturated heterocycles. The van der Waals surface area contributed by atoms with Gasteiger partial charge in [0.05, 0.1) is 5.25 Å². The van der Waals surface area contributed by atoms with E-state index < -0.39 is 0 Å². The van der Waals surface area contributed by atoms with E-state index in [1.807, 2.05) is 38.1 Å². The molecule has 2 rings (SSSR count). The second-order valence-corrected chi connectivity index (χ2v) is 6.53. The minimum absolute atomic E-state index is 0.0153. The summed E-state index contributed by atoms with van der Waals surface area (Å²) in [6.45, 7) is 5.42. The number of anilines is 1. The van der Waals surface area contributed by atoms with E-state index >= 15 is 0 Å². The first-order valence-electron chi connectivity index (χ1n) is 7.11. The van der Waals surface area contributed by atoms with Crippen LogP contribution in [0.4, 0.5) is 5.69 Å². The number of hydrogen-bond acceptors (Lipinski definition) is 3. The summed E-state index contributed by atoms with van der Waals surface area (Å²) >= 11 is 1.53. The van der Waals surface area contributed by atoms with Crippen LogP contribution in [-0.2, 0) is 4.79 Å². The average molecular weight is 313 g/mol. The van der Waals surface area contributed by atoms with Gasteiger partial charge in [0.1, 0.15) is 0 Å². The summed E-state index contributed by atoms with van der Waals surface area (Å²) in [6, 6.07) is 15.0. The van der Waals surface area contributed by atoms with E-state index in [2.05, 4.69) is 5.32 Å². The molecule has 1 amide bonds. The summed E-state index contributed by atoms with van der Waals surface area (Å²) in [4.78, 5) is 24.8. The van der Waals surface area contributed by atoms with Gasteiger partial charge in [-0.1, -0.05) is 30.3 Å². The van der Waals surface area contributed by atoms with Crippen LogP contribution in [0.2, 0.25) is 0 Å². The fraction of sp³-hybridized carbons (Fsp3) is 0.222. The molecule has 1 unspecified atom stereocenters. The molecule has 0 aliphatic rings. The molecule has 2 aromatic carbocycles. The smallest absolute Gasteiger partial charge is 0.237 e. The molecule has 0 bridgehead atoms. The molecule has 1 atom stereocenters. The summed E-state index contributed by atoms with van der Waals surface area (Å²) in [6.07, 6.45) is 0. The third-order valence-corrected chi connectivity index (χ3v) is 4.58. The van der Waals surface area contributed by atoms with Gasteiger partial charge in [-0.2, -0.15) is 0 Å². The van der Waals surface area contributed by atoms with Gasteiger partial charge in [-0.3, -0.25) is 9.59 Å². The number of carbonyl (C=O) groups excluding carboxylic acids is 2. The van der Waals surface area contributed by atoms with Gasteiger partial charge in [0, 0.05) is 16.1 Å². The summed E-state index contributed by atoms with van der Waals surface area (Å²) in [5, 5.41) is 2.64. The van der Waals surface area contributed by atoms with Crippen LogP contribution >= 0.6 is 11.8 Å². The molecule has 4 heteroatoms. The molecule has 0 heterocycles. The zero-order valence-corrected chi connectivity index (χ0v) is 13.7. The summed E-state index contributed by atoms with van der Waals surface area (Å²) in [5.41, 5.74) is 2.40. The van der Waals surface area contributed by atoms with Gasteiger partial charge in [-0.25, -0.2) is 0 Å². The number of Topliss-reactive ketones (excluding diaryl/α,β-unsaturated/α-hetero) is 1. The highest BCUT2D eigenvalue weighted by molar-refractivity contribution is 8.00. The molecular weight excluding hydrogens is 294 g/mol. The normalized spacial score (nSPS) is 11.8. The predicted octanol–water partition coefficient (Wildman–Crippen LogP) is 4.32. The van der Waals surface area contributed by atoms with Crippen LogP contribution in [-0.4, -0.2) is 16.9 Å². The van der Waals surface area contributed by atoms with Gasteiger partial charge in [0.25, 0.3) is 0 Å². The lowest BCUT2D eigenvalue weighted by Gasteiger charge is -2.13. The maximum Gasteiger partial charge on any atom is 0.237 e. The molecule has 2 aromatic rings. The standard InChI is InChI=1S/C18H19NO2S/c1-12-7-4-5-10-17(12)22-14(3)18(21)19-16-9-6-8-15(11-16)13(2)20/h4-11,14H,1-3H3,(H,19,21). The summed E-state index contributed by atoms with van der Waals surface area (Å²) in [5.74, 6) is -0.0904. The van der Waals surface area contributed by atoms with Crippen LogP contribution in [0.1, 0.15) is 29.8 Å². The zero-order valence-electron chi connectivity index (χ0n) is 12.9. The second kappa shape index (κ2) is 7.27. The van der Waals surface area contributed by atoms with Crippen molar-refractivity contribution in [2.45, 2.75) is 30.9 Å². The van der Waals surface area contributed by atoms with Crippen molar-refractivity contribution in [3.05, 3.63) is 59.7 Å². The molecule has 0 aromatic heterocycles. The van der Waals surface area contributed by atoms with Crippen molar-refractivity contribution in [1.82, 2.24) is 0 Å². The average Bonchev–Trinajstić information content (AvgIpc) is 2.49. The fourth-order valence-electron chi connectivity index (χ4n) is 1.99. The molecule has 0 aliphatic carbocycles. The summed E-state index contributed by atoms with van der Waals surface area (Å²) in [7, 11) is 0. The maximum absolute atomic E-state index is 12.3. The first kappa shape index (κ1) is 16.3. The molecule has 114 valence electrons. The largest absolute Gasteiger partial charge is 0.325 e.